The van der Waals surface area contributed by atoms with Crippen LogP contribution in [-0.2, 0) is 0 Å². The number of oxime groups is 1. The van der Waals surface area contributed by atoms with Crippen molar-refractivity contribution in [1.29, 1.82) is 0 Å². The fourth-order valence-electron chi connectivity index (χ4n) is 1.33. The summed E-state index contributed by atoms with van der Waals surface area (Å²) in [5.41, 5.74) is 0. The second kappa shape index (κ2) is 3.93. The molecule has 0 bridgehead atoms. The first-order chi connectivity index (χ1) is 5.24. The molecule has 0 spiro atoms. The zero-order chi connectivity index (χ0) is 8.27. The van der Waals surface area contributed by atoms with E-state index in [0.29, 0.717) is 5.17 Å². The van der Waals surface area contributed by atoms with Crippen molar-refractivity contribution in [3.8, 4) is 0 Å². The van der Waals surface area contributed by atoms with Crippen LogP contribution in [0, 0.1) is 5.92 Å². The van der Waals surface area contributed by atoms with E-state index in [4.69, 9.17) is 16.8 Å². The molecule has 1 rings (SSSR count). The average Bonchev–Trinajstić information content (AvgIpc) is 2.05. The van der Waals surface area contributed by atoms with E-state index in [1.165, 1.54) is 0 Å². The molecule has 0 aromatic carbocycles. The van der Waals surface area contributed by atoms with E-state index in [1.807, 2.05) is 0 Å². The van der Waals surface area contributed by atoms with E-state index in [9.17, 15) is 0 Å². The first-order valence-corrected chi connectivity index (χ1v) is 4.18. The van der Waals surface area contributed by atoms with Gasteiger partial charge < -0.3 is 10.1 Å². The number of nitrogens with zero attached hydrogens (tertiary/aromatic N) is 2. The highest BCUT2D eigenvalue weighted by atomic mass is 35.5. The van der Waals surface area contributed by atoms with Gasteiger partial charge in [0.15, 0.2) is 0 Å². The summed E-state index contributed by atoms with van der Waals surface area (Å²) in [6.07, 6.45) is 2.00. The van der Waals surface area contributed by atoms with Crippen molar-refractivity contribution in [1.82, 2.24) is 4.90 Å². The molecule has 1 aliphatic rings. The molecule has 0 unspecified atom stereocenters. The van der Waals surface area contributed by atoms with Gasteiger partial charge in [-0.15, -0.1) is 0 Å². The normalized spacial score (nSPS) is 24.0. The van der Waals surface area contributed by atoms with Crippen LogP contribution < -0.4 is 0 Å². The van der Waals surface area contributed by atoms with Crippen LogP contribution in [0.4, 0.5) is 0 Å². The van der Waals surface area contributed by atoms with E-state index >= 15 is 0 Å². The molecule has 0 amide bonds. The predicted molar refractivity (Wildman–Crippen MR) is 45.3 cm³/mol. The second-order valence-corrected chi connectivity index (χ2v) is 3.39. The molecule has 0 radical (unpaired) electrons. The van der Waals surface area contributed by atoms with Crippen LogP contribution in [0.15, 0.2) is 5.16 Å². The van der Waals surface area contributed by atoms with Gasteiger partial charge in [-0.25, -0.2) is 0 Å². The van der Waals surface area contributed by atoms with E-state index < -0.39 is 0 Å². The van der Waals surface area contributed by atoms with E-state index in [0.717, 1.165) is 25.9 Å². The van der Waals surface area contributed by atoms with Crippen molar-refractivity contribution in [2.45, 2.75) is 12.8 Å². The number of hydrogen-bond acceptors (Lipinski definition) is 3. The lowest BCUT2D eigenvalue weighted by atomic mass is 9.98. The van der Waals surface area contributed by atoms with Gasteiger partial charge in [0.25, 0.3) is 0 Å². The summed E-state index contributed by atoms with van der Waals surface area (Å²) in [7, 11) is 2.08. The Morgan fingerprint density at radius 3 is 2.55 bits per heavy atom. The van der Waals surface area contributed by atoms with E-state index in [2.05, 4.69) is 17.1 Å². The van der Waals surface area contributed by atoms with Gasteiger partial charge >= 0.3 is 0 Å². The van der Waals surface area contributed by atoms with Gasteiger partial charge in [-0.1, -0.05) is 16.8 Å². The molecule has 1 heterocycles. The highest BCUT2D eigenvalue weighted by Gasteiger charge is 2.20. The van der Waals surface area contributed by atoms with E-state index in [-0.39, 0.29) is 5.92 Å². The third-order valence-electron chi connectivity index (χ3n) is 2.15. The molecule has 1 aliphatic heterocycles. The molecule has 4 heteroatoms. The molecule has 3 nitrogen and oxygen atoms in total. The average molecular weight is 177 g/mol. The molecular formula is C7H13ClN2O. The maximum Gasteiger partial charge on any atom is 0.148 e. The molecular weight excluding hydrogens is 164 g/mol. The number of hydrogen-bond donors (Lipinski definition) is 1. The number of halogens is 1. The molecule has 0 saturated carbocycles. The maximum atomic E-state index is 8.40. The summed E-state index contributed by atoms with van der Waals surface area (Å²) >= 11 is 5.67. The van der Waals surface area contributed by atoms with Crippen molar-refractivity contribution in [2.24, 2.45) is 11.1 Å². The molecule has 0 aliphatic carbocycles. The summed E-state index contributed by atoms with van der Waals surface area (Å²) in [5, 5.41) is 11.8. The van der Waals surface area contributed by atoms with Crippen molar-refractivity contribution < 1.29 is 5.21 Å². The Kier molecular flexibility index (Phi) is 3.15. The largest absolute Gasteiger partial charge is 0.410 e. The van der Waals surface area contributed by atoms with Crippen LogP contribution in [0.3, 0.4) is 0 Å². The lowest BCUT2D eigenvalue weighted by Crippen LogP contribution is -2.32. The Hall–Kier alpha value is -0.280. The lowest BCUT2D eigenvalue weighted by Gasteiger charge is -2.27. The Morgan fingerprint density at radius 2 is 2.09 bits per heavy atom. The van der Waals surface area contributed by atoms with Gasteiger partial charge in [0.1, 0.15) is 5.17 Å². The SMILES string of the molecule is CN1CCC(/C(Cl)=N/O)CC1. The molecule has 0 aromatic rings. The van der Waals surface area contributed by atoms with Crippen LogP contribution >= 0.6 is 11.6 Å². The second-order valence-electron chi connectivity index (χ2n) is 3.00. The molecule has 1 saturated heterocycles. The predicted octanol–water partition coefficient (Wildman–Crippen LogP) is 1.35. The maximum absolute atomic E-state index is 8.40. The van der Waals surface area contributed by atoms with Crippen molar-refractivity contribution in [2.75, 3.05) is 20.1 Å². The third-order valence-corrected chi connectivity index (χ3v) is 2.54. The smallest absolute Gasteiger partial charge is 0.148 e. The van der Waals surface area contributed by atoms with Gasteiger partial charge in [0, 0.05) is 5.92 Å². The Morgan fingerprint density at radius 1 is 1.55 bits per heavy atom. The molecule has 0 aromatic heterocycles. The first kappa shape index (κ1) is 8.81. The Balaban J connectivity index is 2.39. The van der Waals surface area contributed by atoms with Gasteiger partial charge in [-0.05, 0) is 33.0 Å². The first-order valence-electron chi connectivity index (χ1n) is 3.80. The molecule has 11 heavy (non-hydrogen) atoms. The monoisotopic (exact) mass is 176 g/mol. The molecule has 1 fully saturated rings. The van der Waals surface area contributed by atoms with Gasteiger partial charge in [-0.3, -0.25) is 0 Å². The fourth-order valence-corrected chi connectivity index (χ4v) is 1.55. The van der Waals surface area contributed by atoms with Crippen molar-refractivity contribution in [3.63, 3.8) is 0 Å². The van der Waals surface area contributed by atoms with Crippen molar-refractivity contribution in [3.05, 3.63) is 0 Å². The Bertz CT molecular complexity index is 153. The summed E-state index contributed by atoms with van der Waals surface area (Å²) < 4.78 is 0. The third kappa shape index (κ3) is 2.34. The number of likely N-dealkylation sites (tertiary alicyclic amines) is 1. The minimum absolute atomic E-state index is 0.276. The zero-order valence-corrected chi connectivity index (χ0v) is 7.38. The summed E-state index contributed by atoms with van der Waals surface area (Å²) in [6, 6.07) is 0. The van der Waals surface area contributed by atoms with Crippen molar-refractivity contribution >= 4 is 16.8 Å². The number of rotatable bonds is 1. The molecule has 0 atom stereocenters. The van der Waals surface area contributed by atoms with E-state index in [1.54, 1.807) is 0 Å². The standard InChI is InChI=1S/C7H13ClN2O/c1-10-4-2-6(3-5-10)7(8)9-11/h6,11H,2-5H2,1H3/b9-7-. The molecule has 1 N–H and O–H groups in total. The summed E-state index contributed by atoms with van der Waals surface area (Å²) in [4.78, 5) is 2.25. The van der Waals surface area contributed by atoms with Crippen LogP contribution in [-0.4, -0.2) is 35.4 Å². The minimum atomic E-state index is 0.276. The summed E-state index contributed by atoms with van der Waals surface area (Å²) in [5.74, 6) is 0.276. The Labute approximate surface area is 71.6 Å². The quantitative estimate of drug-likeness (QED) is 0.372. The van der Waals surface area contributed by atoms with Crippen LogP contribution in [0.25, 0.3) is 0 Å². The van der Waals surface area contributed by atoms with Crippen LogP contribution in [0.5, 0.6) is 0 Å². The highest BCUT2D eigenvalue weighted by molar-refractivity contribution is 6.65. The lowest BCUT2D eigenvalue weighted by molar-refractivity contribution is 0.247. The van der Waals surface area contributed by atoms with Gasteiger partial charge in [0.05, 0.1) is 0 Å². The zero-order valence-electron chi connectivity index (χ0n) is 6.63. The van der Waals surface area contributed by atoms with Crippen LogP contribution in [0.1, 0.15) is 12.8 Å². The van der Waals surface area contributed by atoms with Crippen LogP contribution in [0.2, 0.25) is 0 Å². The topological polar surface area (TPSA) is 35.8 Å². The van der Waals surface area contributed by atoms with Gasteiger partial charge in [0.2, 0.25) is 0 Å². The fraction of sp³-hybridized carbons (Fsp3) is 0.857. The summed E-state index contributed by atoms with van der Waals surface area (Å²) in [6.45, 7) is 2.08. The van der Waals surface area contributed by atoms with Gasteiger partial charge in [-0.2, -0.15) is 0 Å². The minimum Gasteiger partial charge on any atom is -0.410 e. The molecule has 64 valence electrons. The number of piperidine rings is 1. The highest BCUT2D eigenvalue weighted by Crippen LogP contribution is 2.19.